The van der Waals surface area contributed by atoms with Crippen LogP contribution in [0.15, 0.2) is 16.6 Å². The first-order valence-corrected chi connectivity index (χ1v) is 7.84. The monoisotopic (exact) mass is 340 g/mol. The molecule has 0 amide bonds. The summed E-state index contributed by atoms with van der Waals surface area (Å²) in [6, 6.07) is 4.07. The van der Waals surface area contributed by atoms with E-state index in [1.807, 2.05) is 6.07 Å². The van der Waals surface area contributed by atoms with Gasteiger partial charge in [-0.15, -0.1) is 0 Å². The first-order chi connectivity index (χ1) is 9.71. The van der Waals surface area contributed by atoms with Crippen molar-refractivity contribution in [3.8, 4) is 11.5 Å². The van der Waals surface area contributed by atoms with Crippen molar-refractivity contribution in [2.75, 3.05) is 40.4 Å². The minimum absolute atomic E-state index is 0.769. The molecule has 0 saturated carbocycles. The molecule has 0 aliphatic carbocycles. The van der Waals surface area contributed by atoms with Crippen molar-refractivity contribution in [1.29, 1.82) is 0 Å². The van der Waals surface area contributed by atoms with Gasteiger partial charge in [0.2, 0.25) is 0 Å². The van der Waals surface area contributed by atoms with Gasteiger partial charge < -0.3 is 14.8 Å². The molecular weight excluding hydrogens is 320 g/mol. The smallest absolute Gasteiger partial charge is 0.161 e. The first-order valence-electron chi connectivity index (χ1n) is 7.04. The van der Waals surface area contributed by atoms with Gasteiger partial charge in [-0.05, 0) is 42.6 Å². The lowest BCUT2D eigenvalue weighted by atomic mass is 10.0. The van der Waals surface area contributed by atoms with Gasteiger partial charge in [0.15, 0.2) is 11.5 Å². The van der Waals surface area contributed by atoms with Crippen molar-refractivity contribution < 1.29 is 9.47 Å². The molecule has 2 unspecified atom stereocenters. The highest BCUT2D eigenvalue weighted by Gasteiger charge is 2.36. The van der Waals surface area contributed by atoms with Crippen molar-refractivity contribution in [2.24, 2.45) is 11.8 Å². The van der Waals surface area contributed by atoms with E-state index in [4.69, 9.17) is 9.47 Å². The number of fused-ring (bicyclic) bond motifs is 1. The molecule has 0 bridgehead atoms. The van der Waals surface area contributed by atoms with Crippen LogP contribution < -0.4 is 14.8 Å². The van der Waals surface area contributed by atoms with Crippen LogP contribution in [0.3, 0.4) is 0 Å². The minimum atomic E-state index is 0.769. The molecule has 1 aromatic rings. The lowest BCUT2D eigenvalue weighted by Crippen LogP contribution is -2.25. The van der Waals surface area contributed by atoms with Gasteiger partial charge in [0.1, 0.15) is 0 Å². The van der Waals surface area contributed by atoms with E-state index in [1.165, 1.54) is 31.7 Å². The third kappa shape index (κ3) is 2.67. The van der Waals surface area contributed by atoms with Crippen LogP contribution in [-0.2, 0) is 6.54 Å². The van der Waals surface area contributed by atoms with E-state index in [0.29, 0.717) is 0 Å². The van der Waals surface area contributed by atoms with E-state index < -0.39 is 0 Å². The van der Waals surface area contributed by atoms with Gasteiger partial charge in [0, 0.05) is 24.1 Å². The largest absolute Gasteiger partial charge is 0.493 e. The summed E-state index contributed by atoms with van der Waals surface area (Å²) in [7, 11) is 3.35. The van der Waals surface area contributed by atoms with Gasteiger partial charge >= 0.3 is 0 Å². The Bertz CT molecular complexity index is 483. The number of hydrogen-bond donors (Lipinski definition) is 1. The van der Waals surface area contributed by atoms with Crippen molar-refractivity contribution >= 4 is 15.9 Å². The van der Waals surface area contributed by atoms with Crippen molar-refractivity contribution in [2.45, 2.75) is 6.54 Å². The minimum Gasteiger partial charge on any atom is -0.493 e. The molecule has 5 heteroatoms. The van der Waals surface area contributed by atoms with Crippen LogP contribution >= 0.6 is 15.9 Å². The molecule has 20 heavy (non-hydrogen) atoms. The fourth-order valence-corrected chi connectivity index (χ4v) is 3.79. The lowest BCUT2D eigenvalue weighted by molar-refractivity contribution is 0.303. The van der Waals surface area contributed by atoms with Gasteiger partial charge in [-0.3, -0.25) is 4.90 Å². The van der Waals surface area contributed by atoms with Crippen molar-refractivity contribution in [3.63, 3.8) is 0 Å². The molecule has 0 radical (unpaired) electrons. The van der Waals surface area contributed by atoms with E-state index >= 15 is 0 Å². The summed E-state index contributed by atoms with van der Waals surface area (Å²) in [5.41, 5.74) is 1.26. The molecule has 0 spiro atoms. The van der Waals surface area contributed by atoms with E-state index in [2.05, 4.69) is 32.2 Å². The summed E-state index contributed by atoms with van der Waals surface area (Å²) in [5.74, 6) is 3.22. The second kappa shape index (κ2) is 5.92. The van der Waals surface area contributed by atoms with Crippen LogP contribution in [0.25, 0.3) is 0 Å². The molecule has 0 aromatic heterocycles. The van der Waals surface area contributed by atoms with Gasteiger partial charge in [-0.25, -0.2) is 0 Å². The Kier molecular flexibility index (Phi) is 4.19. The Morgan fingerprint density at radius 2 is 1.75 bits per heavy atom. The number of ether oxygens (including phenoxy) is 2. The summed E-state index contributed by atoms with van der Waals surface area (Å²) in [4.78, 5) is 2.54. The molecule has 2 fully saturated rings. The van der Waals surface area contributed by atoms with Crippen molar-refractivity contribution in [3.05, 3.63) is 22.2 Å². The Hall–Kier alpha value is -0.780. The zero-order valence-electron chi connectivity index (χ0n) is 12.0. The summed E-state index contributed by atoms with van der Waals surface area (Å²) in [6.45, 7) is 5.70. The molecular formula is C15H21BrN2O2. The van der Waals surface area contributed by atoms with E-state index in [9.17, 15) is 0 Å². The molecule has 110 valence electrons. The Balaban J connectivity index is 1.74. The first kappa shape index (κ1) is 14.2. The van der Waals surface area contributed by atoms with Gasteiger partial charge in [0.25, 0.3) is 0 Å². The average Bonchev–Trinajstić information content (AvgIpc) is 3.01. The van der Waals surface area contributed by atoms with Gasteiger partial charge in [0.05, 0.1) is 14.2 Å². The fraction of sp³-hybridized carbons (Fsp3) is 0.600. The number of nitrogens with one attached hydrogen (secondary N) is 1. The molecule has 2 saturated heterocycles. The number of benzene rings is 1. The quantitative estimate of drug-likeness (QED) is 0.910. The molecule has 2 atom stereocenters. The second-order valence-electron chi connectivity index (χ2n) is 5.67. The van der Waals surface area contributed by atoms with Gasteiger partial charge in [-0.2, -0.15) is 0 Å². The maximum absolute atomic E-state index is 5.40. The number of rotatable bonds is 4. The van der Waals surface area contributed by atoms with E-state index in [1.54, 1.807) is 14.2 Å². The molecule has 3 rings (SSSR count). The van der Waals surface area contributed by atoms with Crippen LogP contribution in [0, 0.1) is 11.8 Å². The summed E-state index contributed by atoms with van der Waals surface area (Å²) >= 11 is 3.65. The molecule has 1 N–H and O–H groups in total. The molecule has 2 heterocycles. The third-order valence-electron chi connectivity index (χ3n) is 4.41. The number of methoxy groups -OCH3 is 2. The lowest BCUT2D eigenvalue weighted by Gasteiger charge is -2.19. The Morgan fingerprint density at radius 3 is 2.35 bits per heavy atom. The topological polar surface area (TPSA) is 33.7 Å². The van der Waals surface area contributed by atoms with Crippen LogP contribution in [-0.4, -0.2) is 45.3 Å². The number of likely N-dealkylation sites (tertiary alicyclic amines) is 1. The van der Waals surface area contributed by atoms with Crippen LogP contribution in [0.1, 0.15) is 5.56 Å². The van der Waals surface area contributed by atoms with Crippen molar-refractivity contribution in [1.82, 2.24) is 10.2 Å². The van der Waals surface area contributed by atoms with Crippen LogP contribution in [0.5, 0.6) is 11.5 Å². The second-order valence-corrected chi connectivity index (χ2v) is 6.53. The Morgan fingerprint density at radius 1 is 1.15 bits per heavy atom. The summed E-state index contributed by atoms with van der Waals surface area (Å²) < 4.78 is 11.8. The van der Waals surface area contributed by atoms with E-state index in [-0.39, 0.29) is 0 Å². The molecule has 1 aromatic carbocycles. The standard InChI is InChI=1S/C15H21BrN2O2/c1-19-14-3-10(13(16)4-15(14)20-2)7-18-8-11-5-17-6-12(11)9-18/h3-4,11-12,17H,5-9H2,1-2H3. The fourth-order valence-electron chi connectivity index (χ4n) is 3.34. The molecule has 2 aliphatic rings. The predicted octanol–water partition coefficient (Wildman–Crippen LogP) is 2.12. The maximum Gasteiger partial charge on any atom is 0.161 e. The normalized spacial score (nSPS) is 25.8. The summed E-state index contributed by atoms with van der Waals surface area (Å²) in [5, 5.41) is 3.48. The zero-order valence-corrected chi connectivity index (χ0v) is 13.6. The summed E-state index contributed by atoms with van der Waals surface area (Å²) in [6.07, 6.45) is 0. The average molecular weight is 341 g/mol. The van der Waals surface area contributed by atoms with E-state index in [0.717, 1.165) is 34.4 Å². The highest BCUT2D eigenvalue weighted by atomic mass is 79.9. The molecule has 2 aliphatic heterocycles. The van der Waals surface area contributed by atoms with Crippen LogP contribution in [0.4, 0.5) is 0 Å². The predicted molar refractivity (Wildman–Crippen MR) is 82.4 cm³/mol. The SMILES string of the molecule is COc1cc(Br)c(CN2CC3CNCC3C2)cc1OC. The number of hydrogen-bond acceptors (Lipinski definition) is 4. The van der Waals surface area contributed by atoms with Crippen LogP contribution in [0.2, 0.25) is 0 Å². The third-order valence-corrected chi connectivity index (χ3v) is 5.15. The van der Waals surface area contributed by atoms with Gasteiger partial charge in [-0.1, -0.05) is 15.9 Å². The Labute approximate surface area is 128 Å². The zero-order chi connectivity index (χ0) is 14.1. The number of halogens is 1. The maximum atomic E-state index is 5.40. The highest BCUT2D eigenvalue weighted by molar-refractivity contribution is 9.10. The number of nitrogens with zero attached hydrogens (tertiary/aromatic N) is 1. The highest BCUT2D eigenvalue weighted by Crippen LogP contribution is 2.35. The molecule has 4 nitrogen and oxygen atoms in total.